The van der Waals surface area contributed by atoms with Crippen molar-refractivity contribution >= 4 is 17.6 Å². The molecule has 0 bridgehead atoms. The number of nitrogens with zero attached hydrogens (tertiary/aromatic N) is 1. The summed E-state index contributed by atoms with van der Waals surface area (Å²) in [4.78, 5) is 26.1. The van der Waals surface area contributed by atoms with Crippen molar-refractivity contribution in [2.75, 3.05) is 26.0 Å². The number of ether oxygens (including phenoxy) is 1. The number of hydrogen-bond acceptors (Lipinski definition) is 4. The van der Waals surface area contributed by atoms with E-state index in [2.05, 4.69) is 10.6 Å². The van der Waals surface area contributed by atoms with Crippen molar-refractivity contribution in [2.45, 2.75) is 26.8 Å². The standard InChI is InChI=1S/C21H27N3O3/c1-14-6-11-19(15(2)12-14)22-21(26)23-20(25)13-24(4)16(3)17-7-9-18(27-5)10-8-17/h6-12,16H,13H2,1-5H3,(H2,22,23,25,26). The van der Waals surface area contributed by atoms with E-state index in [0.29, 0.717) is 5.69 Å². The predicted octanol–water partition coefficient (Wildman–Crippen LogP) is 3.65. The van der Waals surface area contributed by atoms with Crippen LogP contribution >= 0.6 is 0 Å². The van der Waals surface area contributed by atoms with Gasteiger partial charge in [-0.25, -0.2) is 4.79 Å². The maximum atomic E-state index is 12.2. The summed E-state index contributed by atoms with van der Waals surface area (Å²) in [7, 11) is 3.47. The molecule has 1 atom stereocenters. The normalized spacial score (nSPS) is 11.8. The first-order chi connectivity index (χ1) is 12.8. The van der Waals surface area contributed by atoms with E-state index in [1.165, 1.54) is 0 Å². The first kappa shape index (κ1) is 20.5. The minimum absolute atomic E-state index is 0.0176. The van der Waals surface area contributed by atoms with Crippen molar-refractivity contribution in [1.82, 2.24) is 10.2 Å². The summed E-state index contributed by atoms with van der Waals surface area (Å²) in [6, 6.07) is 12.9. The van der Waals surface area contributed by atoms with Gasteiger partial charge in [0.05, 0.1) is 13.7 Å². The van der Waals surface area contributed by atoms with E-state index in [9.17, 15) is 9.59 Å². The highest BCUT2D eigenvalue weighted by Gasteiger charge is 2.17. The molecule has 6 nitrogen and oxygen atoms in total. The molecular formula is C21H27N3O3. The van der Waals surface area contributed by atoms with Gasteiger partial charge in [0.1, 0.15) is 5.75 Å². The van der Waals surface area contributed by atoms with Crippen LogP contribution in [-0.4, -0.2) is 37.5 Å². The van der Waals surface area contributed by atoms with Crippen LogP contribution in [0.15, 0.2) is 42.5 Å². The van der Waals surface area contributed by atoms with E-state index in [-0.39, 0.29) is 18.5 Å². The van der Waals surface area contributed by atoms with Gasteiger partial charge in [-0.3, -0.25) is 15.0 Å². The second kappa shape index (κ2) is 9.19. The Labute approximate surface area is 160 Å². The number of amides is 3. The summed E-state index contributed by atoms with van der Waals surface area (Å²) < 4.78 is 5.16. The topological polar surface area (TPSA) is 70.7 Å². The molecule has 0 aliphatic carbocycles. The van der Waals surface area contributed by atoms with Crippen molar-refractivity contribution < 1.29 is 14.3 Å². The van der Waals surface area contributed by atoms with E-state index in [1.807, 2.05) is 75.2 Å². The number of methoxy groups -OCH3 is 1. The minimum Gasteiger partial charge on any atom is -0.497 e. The van der Waals surface area contributed by atoms with Gasteiger partial charge in [0.25, 0.3) is 0 Å². The number of likely N-dealkylation sites (N-methyl/N-ethyl adjacent to an activating group) is 1. The van der Waals surface area contributed by atoms with Gasteiger partial charge in [0.15, 0.2) is 0 Å². The Morgan fingerprint density at radius 3 is 2.37 bits per heavy atom. The SMILES string of the molecule is COc1ccc(C(C)N(C)CC(=O)NC(=O)Nc2ccc(C)cc2C)cc1. The molecule has 144 valence electrons. The average Bonchev–Trinajstić information content (AvgIpc) is 2.63. The van der Waals surface area contributed by atoms with Gasteiger partial charge in [-0.1, -0.05) is 29.8 Å². The number of benzene rings is 2. The molecular weight excluding hydrogens is 342 g/mol. The van der Waals surface area contributed by atoms with Gasteiger partial charge < -0.3 is 10.1 Å². The molecule has 6 heteroatoms. The van der Waals surface area contributed by atoms with Gasteiger partial charge in [-0.05, 0) is 57.1 Å². The molecule has 2 aromatic carbocycles. The van der Waals surface area contributed by atoms with Gasteiger partial charge in [-0.15, -0.1) is 0 Å². The number of carbonyl (C=O) groups is 2. The van der Waals surface area contributed by atoms with E-state index >= 15 is 0 Å². The van der Waals surface area contributed by atoms with Crippen molar-refractivity contribution in [2.24, 2.45) is 0 Å². The summed E-state index contributed by atoms with van der Waals surface area (Å²) >= 11 is 0. The molecule has 0 saturated heterocycles. The van der Waals surface area contributed by atoms with Gasteiger partial charge >= 0.3 is 6.03 Å². The second-order valence-electron chi connectivity index (χ2n) is 6.68. The predicted molar refractivity (Wildman–Crippen MR) is 107 cm³/mol. The van der Waals surface area contributed by atoms with Crippen LogP contribution in [0.1, 0.15) is 29.7 Å². The third-order valence-corrected chi connectivity index (χ3v) is 4.54. The molecule has 0 aliphatic rings. The number of nitrogens with one attached hydrogen (secondary N) is 2. The molecule has 0 spiro atoms. The summed E-state index contributed by atoms with van der Waals surface area (Å²) in [6.45, 7) is 6.01. The fraction of sp³-hybridized carbons (Fsp3) is 0.333. The number of imide groups is 1. The first-order valence-electron chi connectivity index (χ1n) is 8.82. The number of aryl methyl sites for hydroxylation is 2. The molecule has 0 fully saturated rings. The highest BCUT2D eigenvalue weighted by Crippen LogP contribution is 2.21. The number of anilines is 1. The summed E-state index contributed by atoms with van der Waals surface area (Å²) in [5.41, 5.74) is 3.81. The van der Waals surface area contributed by atoms with Crippen LogP contribution in [0.3, 0.4) is 0 Å². The number of rotatable bonds is 6. The van der Waals surface area contributed by atoms with Crippen LogP contribution < -0.4 is 15.4 Å². The Kier molecular flexibility index (Phi) is 6.96. The minimum atomic E-state index is -0.530. The third kappa shape index (κ3) is 5.82. The van der Waals surface area contributed by atoms with Crippen molar-refractivity contribution in [3.63, 3.8) is 0 Å². The zero-order chi connectivity index (χ0) is 20.0. The number of hydrogen-bond donors (Lipinski definition) is 2. The van der Waals surface area contributed by atoms with Crippen LogP contribution in [0.5, 0.6) is 5.75 Å². The van der Waals surface area contributed by atoms with Gasteiger partial charge in [-0.2, -0.15) is 0 Å². The highest BCUT2D eigenvalue weighted by molar-refractivity contribution is 6.02. The molecule has 0 aromatic heterocycles. The summed E-state index contributed by atoms with van der Waals surface area (Å²) in [5.74, 6) is 0.426. The fourth-order valence-corrected chi connectivity index (χ4v) is 2.77. The van der Waals surface area contributed by atoms with Crippen molar-refractivity contribution in [3.05, 3.63) is 59.2 Å². The lowest BCUT2D eigenvalue weighted by atomic mass is 10.1. The van der Waals surface area contributed by atoms with Crippen LogP contribution in [0, 0.1) is 13.8 Å². The molecule has 27 heavy (non-hydrogen) atoms. The van der Waals surface area contributed by atoms with Gasteiger partial charge in [0, 0.05) is 11.7 Å². The van der Waals surface area contributed by atoms with Crippen LogP contribution in [-0.2, 0) is 4.79 Å². The molecule has 3 amide bonds. The Bertz CT molecular complexity index is 803. The maximum absolute atomic E-state index is 12.2. The summed E-state index contributed by atoms with van der Waals surface area (Å²) in [5, 5.41) is 5.09. The van der Waals surface area contributed by atoms with Crippen LogP contribution in [0.4, 0.5) is 10.5 Å². The molecule has 0 aliphatic heterocycles. The highest BCUT2D eigenvalue weighted by atomic mass is 16.5. The Balaban J connectivity index is 1.88. The second-order valence-corrected chi connectivity index (χ2v) is 6.68. The molecule has 0 heterocycles. The molecule has 0 saturated carbocycles. The number of carbonyl (C=O) groups excluding carboxylic acids is 2. The lowest BCUT2D eigenvalue weighted by molar-refractivity contribution is -0.121. The Morgan fingerprint density at radius 2 is 1.78 bits per heavy atom. The number of urea groups is 1. The third-order valence-electron chi connectivity index (χ3n) is 4.54. The molecule has 2 N–H and O–H groups in total. The van der Waals surface area contributed by atoms with Crippen LogP contribution in [0.2, 0.25) is 0 Å². The molecule has 2 aromatic rings. The monoisotopic (exact) mass is 369 g/mol. The quantitative estimate of drug-likeness (QED) is 0.815. The van der Waals surface area contributed by atoms with E-state index < -0.39 is 6.03 Å². The molecule has 1 unspecified atom stereocenters. The molecule has 0 radical (unpaired) electrons. The fourth-order valence-electron chi connectivity index (χ4n) is 2.77. The van der Waals surface area contributed by atoms with E-state index in [0.717, 1.165) is 22.4 Å². The van der Waals surface area contributed by atoms with E-state index in [1.54, 1.807) is 7.11 Å². The summed E-state index contributed by atoms with van der Waals surface area (Å²) in [6.07, 6.45) is 0. The average molecular weight is 369 g/mol. The zero-order valence-electron chi connectivity index (χ0n) is 16.5. The van der Waals surface area contributed by atoms with Gasteiger partial charge in [0.2, 0.25) is 5.91 Å². The zero-order valence-corrected chi connectivity index (χ0v) is 16.5. The lowest BCUT2D eigenvalue weighted by Gasteiger charge is -2.24. The first-order valence-corrected chi connectivity index (χ1v) is 8.82. The lowest BCUT2D eigenvalue weighted by Crippen LogP contribution is -2.41. The Morgan fingerprint density at radius 1 is 1.11 bits per heavy atom. The van der Waals surface area contributed by atoms with E-state index in [4.69, 9.17) is 4.74 Å². The van der Waals surface area contributed by atoms with Crippen LogP contribution in [0.25, 0.3) is 0 Å². The largest absolute Gasteiger partial charge is 0.497 e. The maximum Gasteiger partial charge on any atom is 0.325 e. The smallest absolute Gasteiger partial charge is 0.325 e. The Hall–Kier alpha value is -2.86. The van der Waals surface area contributed by atoms with Crippen molar-refractivity contribution in [1.29, 1.82) is 0 Å². The molecule has 2 rings (SSSR count). The van der Waals surface area contributed by atoms with Crippen molar-refractivity contribution in [3.8, 4) is 5.75 Å².